The molecule has 0 aliphatic carbocycles. The Morgan fingerprint density at radius 3 is 2.50 bits per heavy atom. The van der Waals surface area contributed by atoms with Gasteiger partial charge in [-0.25, -0.2) is 0 Å². The number of halogens is 1. The Labute approximate surface area is 141 Å². The molecule has 0 saturated carbocycles. The molecular weight excluding hydrogens is 342 g/mol. The molecule has 0 unspecified atom stereocenters. The average Bonchev–Trinajstić information content (AvgIpc) is 2.65. The van der Waals surface area contributed by atoms with Gasteiger partial charge in [0.05, 0.1) is 19.7 Å². The summed E-state index contributed by atoms with van der Waals surface area (Å²) in [6, 6.07) is 12.7. The van der Waals surface area contributed by atoms with E-state index in [4.69, 9.17) is 5.11 Å². The van der Waals surface area contributed by atoms with Crippen molar-refractivity contribution in [3.63, 3.8) is 0 Å². The third kappa shape index (κ3) is 2.46. The van der Waals surface area contributed by atoms with Gasteiger partial charge in [-0.15, -0.1) is 0 Å². The van der Waals surface area contributed by atoms with E-state index < -0.39 is 5.97 Å². The molecule has 1 heterocycles. The molecule has 0 aromatic heterocycles. The lowest BCUT2D eigenvalue weighted by Crippen LogP contribution is -3.00. The molecule has 0 amide bonds. The molecule has 3 nitrogen and oxygen atoms in total. The van der Waals surface area contributed by atoms with Crippen molar-refractivity contribution >= 4 is 28.0 Å². The summed E-state index contributed by atoms with van der Waals surface area (Å²) >= 11 is 0. The number of aliphatic carboxylic acids is 1. The minimum atomic E-state index is -0.741. The van der Waals surface area contributed by atoms with Gasteiger partial charge in [-0.3, -0.25) is 9.28 Å². The van der Waals surface area contributed by atoms with Gasteiger partial charge in [-0.1, -0.05) is 24.3 Å². The Kier molecular flexibility index (Phi) is 4.45. The van der Waals surface area contributed by atoms with Crippen LogP contribution in [-0.2, 0) is 4.79 Å². The summed E-state index contributed by atoms with van der Waals surface area (Å²) in [7, 11) is 4.33. The van der Waals surface area contributed by atoms with Crippen LogP contribution in [0.25, 0.3) is 16.3 Å². The molecule has 4 heteroatoms. The van der Waals surface area contributed by atoms with E-state index in [0.717, 1.165) is 0 Å². The number of benzene rings is 2. The van der Waals surface area contributed by atoms with Gasteiger partial charge < -0.3 is 22.1 Å². The summed E-state index contributed by atoms with van der Waals surface area (Å²) in [5, 5.41) is 11.5. The average molecular weight is 362 g/mol. The number of quaternary nitrogens is 1. The fourth-order valence-electron chi connectivity index (χ4n) is 3.28. The van der Waals surface area contributed by atoms with E-state index in [9.17, 15) is 4.79 Å². The molecule has 0 radical (unpaired) electrons. The first kappa shape index (κ1) is 16.7. The Morgan fingerprint density at radius 2 is 1.82 bits per heavy atom. The molecule has 0 saturated heterocycles. The lowest BCUT2D eigenvalue weighted by Gasteiger charge is -2.26. The molecule has 1 aliphatic heterocycles. The van der Waals surface area contributed by atoms with Crippen LogP contribution in [0.4, 0.5) is 5.69 Å². The molecular formula is C18H20BrNO2. The lowest BCUT2D eigenvalue weighted by molar-refractivity contribution is -0.136. The van der Waals surface area contributed by atoms with Gasteiger partial charge in [0.2, 0.25) is 0 Å². The summed E-state index contributed by atoms with van der Waals surface area (Å²) < 4.78 is 0.703. The number of rotatable bonds is 3. The molecule has 22 heavy (non-hydrogen) atoms. The highest BCUT2D eigenvalue weighted by Crippen LogP contribution is 2.47. The van der Waals surface area contributed by atoms with Crippen LogP contribution >= 0.6 is 0 Å². The van der Waals surface area contributed by atoms with Crippen LogP contribution in [0.15, 0.2) is 42.1 Å². The SMILES string of the molecule is CC1=C(CCC(=O)O)c2c(ccc3ccccc23)[N+]1(C)C.[Br-]. The van der Waals surface area contributed by atoms with Gasteiger partial charge in [0.15, 0.2) is 0 Å². The first-order valence-electron chi connectivity index (χ1n) is 7.21. The summed E-state index contributed by atoms with van der Waals surface area (Å²) in [6.45, 7) is 2.12. The van der Waals surface area contributed by atoms with E-state index in [2.05, 4.69) is 45.3 Å². The highest BCUT2D eigenvalue weighted by atomic mass is 79.9. The summed E-state index contributed by atoms with van der Waals surface area (Å²) in [4.78, 5) is 11.0. The Balaban J connectivity index is 0.00000176. The van der Waals surface area contributed by atoms with Crippen molar-refractivity contribution in [2.75, 3.05) is 14.1 Å². The number of hydrogen-bond acceptors (Lipinski definition) is 1. The second kappa shape index (κ2) is 5.86. The predicted octanol–water partition coefficient (Wildman–Crippen LogP) is 1.02. The van der Waals surface area contributed by atoms with E-state index in [-0.39, 0.29) is 23.4 Å². The van der Waals surface area contributed by atoms with Gasteiger partial charge in [0.1, 0.15) is 11.4 Å². The zero-order chi connectivity index (χ0) is 15.2. The number of carbonyl (C=O) groups is 1. The van der Waals surface area contributed by atoms with Crippen LogP contribution in [0.3, 0.4) is 0 Å². The van der Waals surface area contributed by atoms with Gasteiger partial charge in [0.25, 0.3) is 0 Å². The van der Waals surface area contributed by atoms with Gasteiger partial charge in [0, 0.05) is 25.0 Å². The largest absolute Gasteiger partial charge is 1.00 e. The second-order valence-corrected chi connectivity index (χ2v) is 6.09. The third-order valence-electron chi connectivity index (χ3n) is 4.68. The van der Waals surface area contributed by atoms with Crippen LogP contribution in [0.2, 0.25) is 0 Å². The summed E-state index contributed by atoms with van der Waals surface area (Å²) in [5.41, 5.74) is 4.92. The predicted molar refractivity (Wildman–Crippen MR) is 87.1 cm³/mol. The van der Waals surface area contributed by atoms with Crippen LogP contribution in [0, 0.1) is 0 Å². The maximum Gasteiger partial charge on any atom is 0.303 e. The molecule has 0 atom stereocenters. The first-order chi connectivity index (χ1) is 9.93. The molecule has 1 aliphatic rings. The summed E-state index contributed by atoms with van der Waals surface area (Å²) in [6.07, 6.45) is 0.763. The smallest absolute Gasteiger partial charge is 0.303 e. The topological polar surface area (TPSA) is 37.3 Å². The first-order valence-corrected chi connectivity index (χ1v) is 7.21. The minimum Gasteiger partial charge on any atom is -1.00 e. The normalized spacial score (nSPS) is 15.6. The van der Waals surface area contributed by atoms with Crippen molar-refractivity contribution in [3.05, 3.63) is 47.7 Å². The number of carboxylic acids is 1. The maximum absolute atomic E-state index is 11.0. The highest BCUT2D eigenvalue weighted by molar-refractivity contribution is 6.02. The Hall–Kier alpha value is -1.65. The van der Waals surface area contributed by atoms with Crippen LogP contribution < -0.4 is 21.5 Å². The second-order valence-electron chi connectivity index (χ2n) is 6.09. The zero-order valence-corrected chi connectivity index (χ0v) is 14.6. The quantitative estimate of drug-likeness (QED) is 0.828. The number of fused-ring (bicyclic) bond motifs is 3. The van der Waals surface area contributed by atoms with Crippen molar-refractivity contribution < 1.29 is 26.9 Å². The third-order valence-corrected chi connectivity index (χ3v) is 4.68. The van der Waals surface area contributed by atoms with E-state index in [1.165, 1.54) is 33.3 Å². The molecule has 0 spiro atoms. The van der Waals surface area contributed by atoms with Crippen molar-refractivity contribution in [1.82, 2.24) is 4.48 Å². The Bertz CT molecular complexity index is 778. The van der Waals surface area contributed by atoms with E-state index in [0.29, 0.717) is 10.9 Å². The zero-order valence-electron chi connectivity index (χ0n) is 13.1. The fourth-order valence-corrected chi connectivity index (χ4v) is 3.28. The van der Waals surface area contributed by atoms with E-state index in [1.54, 1.807) is 0 Å². The van der Waals surface area contributed by atoms with Crippen LogP contribution in [-0.4, -0.2) is 25.2 Å². The van der Waals surface area contributed by atoms with Crippen molar-refractivity contribution in [2.24, 2.45) is 0 Å². The number of allylic oxidation sites excluding steroid dienone is 2. The minimum absolute atomic E-state index is 0. The molecule has 2 aromatic carbocycles. The Morgan fingerprint density at radius 1 is 1.14 bits per heavy atom. The van der Waals surface area contributed by atoms with Crippen molar-refractivity contribution in [1.29, 1.82) is 0 Å². The van der Waals surface area contributed by atoms with Gasteiger partial charge in [-0.05, 0) is 23.3 Å². The van der Waals surface area contributed by atoms with Crippen molar-refractivity contribution in [2.45, 2.75) is 19.8 Å². The van der Waals surface area contributed by atoms with E-state index in [1.807, 2.05) is 12.1 Å². The monoisotopic (exact) mass is 361 g/mol. The highest BCUT2D eigenvalue weighted by Gasteiger charge is 2.37. The molecule has 1 N–H and O–H groups in total. The van der Waals surface area contributed by atoms with Gasteiger partial charge in [-0.2, -0.15) is 0 Å². The van der Waals surface area contributed by atoms with Crippen molar-refractivity contribution in [3.8, 4) is 0 Å². The molecule has 2 aromatic rings. The molecule has 0 fully saturated rings. The van der Waals surface area contributed by atoms with Crippen LogP contribution in [0.5, 0.6) is 0 Å². The fraction of sp³-hybridized carbons (Fsp3) is 0.278. The molecule has 0 bridgehead atoms. The standard InChI is InChI=1S/C18H19NO2.BrH/c1-12-14(9-11-17(20)21)18-15-7-5-4-6-13(15)8-10-16(18)19(12,2)3;/h4-8,10H,9,11H2,1-3H3;1H. The lowest BCUT2D eigenvalue weighted by atomic mass is 9.95. The number of hydrogen-bond donors (Lipinski definition) is 1. The maximum atomic E-state index is 11.0. The number of nitrogens with zero attached hydrogens (tertiary/aromatic N) is 1. The van der Waals surface area contributed by atoms with Gasteiger partial charge >= 0.3 is 5.97 Å². The van der Waals surface area contributed by atoms with Crippen LogP contribution in [0.1, 0.15) is 25.3 Å². The summed E-state index contributed by atoms with van der Waals surface area (Å²) in [5.74, 6) is -0.741. The number of carboxylic acid groups (broad SMARTS) is 1. The molecule has 116 valence electrons. The molecule has 3 rings (SSSR count). The van der Waals surface area contributed by atoms with E-state index >= 15 is 0 Å².